The fourth-order valence-corrected chi connectivity index (χ4v) is 1.58. The van der Waals surface area contributed by atoms with Gasteiger partial charge in [-0.3, -0.25) is 9.48 Å². The third kappa shape index (κ3) is 3.00. The molecule has 0 aromatic carbocycles. The summed E-state index contributed by atoms with van der Waals surface area (Å²) in [6.07, 6.45) is 13.3. The number of carbonyl (C=O) groups is 1. The maximum atomic E-state index is 11.1. The molecule has 0 bridgehead atoms. The highest BCUT2D eigenvalue weighted by atomic mass is 16.1. The highest BCUT2D eigenvalue weighted by Gasteiger charge is 2.03. The predicted octanol–water partition coefficient (Wildman–Crippen LogP) is 1.78. The van der Waals surface area contributed by atoms with Crippen LogP contribution in [0.25, 0.3) is 0 Å². The summed E-state index contributed by atoms with van der Waals surface area (Å²) < 4.78 is 1.83. The minimum absolute atomic E-state index is 0.123. The number of nitrogens with zero attached hydrogens (tertiary/aromatic N) is 3. The minimum atomic E-state index is -0.123. The van der Waals surface area contributed by atoms with Crippen molar-refractivity contribution in [1.29, 1.82) is 0 Å². The van der Waals surface area contributed by atoms with Crippen LogP contribution in [0.15, 0.2) is 47.8 Å². The second-order valence-electron chi connectivity index (χ2n) is 3.81. The standard InChI is InChI=1S/C13H15N3O/c1-2-13(17)15-11-8-9-16(14-10-11)12-6-4-3-5-7-12/h4-10,12H,2-3H2,1H3. The minimum Gasteiger partial charge on any atom is -0.273 e. The summed E-state index contributed by atoms with van der Waals surface area (Å²) in [5.41, 5.74) is 0. The molecule has 1 aliphatic rings. The molecular weight excluding hydrogens is 214 g/mol. The van der Waals surface area contributed by atoms with Crippen LogP contribution in [-0.2, 0) is 4.79 Å². The summed E-state index contributed by atoms with van der Waals surface area (Å²) in [5.74, 6) is -0.123. The van der Waals surface area contributed by atoms with E-state index in [0.29, 0.717) is 11.8 Å². The molecule has 0 fully saturated rings. The molecule has 17 heavy (non-hydrogen) atoms. The molecule has 2 rings (SSSR count). The van der Waals surface area contributed by atoms with E-state index in [-0.39, 0.29) is 11.9 Å². The molecule has 1 aromatic rings. The van der Waals surface area contributed by atoms with Gasteiger partial charge in [-0.05, 0) is 12.5 Å². The zero-order valence-electron chi connectivity index (χ0n) is 9.78. The van der Waals surface area contributed by atoms with E-state index in [4.69, 9.17) is 0 Å². The monoisotopic (exact) mass is 229 g/mol. The first kappa shape index (κ1) is 11.5. The molecule has 0 radical (unpaired) electrons. The molecule has 0 saturated carbocycles. The third-order valence-electron chi connectivity index (χ3n) is 2.52. The number of hydrogen-bond acceptors (Lipinski definition) is 2. The molecule has 1 heterocycles. The van der Waals surface area contributed by atoms with Crippen molar-refractivity contribution in [3.8, 4) is 0 Å². The topological polar surface area (TPSA) is 47.2 Å². The Hall–Kier alpha value is -1.97. The predicted molar refractivity (Wildman–Crippen MR) is 65.0 cm³/mol. The van der Waals surface area contributed by atoms with Gasteiger partial charge in [0.15, 0.2) is 0 Å². The largest absolute Gasteiger partial charge is 0.273 e. The average Bonchev–Trinajstić information content (AvgIpc) is 2.40. The zero-order valence-corrected chi connectivity index (χ0v) is 9.78. The number of rotatable bonds is 2. The molecule has 0 spiro atoms. The molecular formula is C13H15N3O. The molecule has 4 heteroatoms. The van der Waals surface area contributed by atoms with Crippen LogP contribution in [-0.4, -0.2) is 15.7 Å². The first-order chi connectivity index (χ1) is 8.29. The van der Waals surface area contributed by atoms with Crippen LogP contribution in [0.5, 0.6) is 0 Å². The van der Waals surface area contributed by atoms with Crippen molar-refractivity contribution in [1.82, 2.24) is 9.78 Å². The van der Waals surface area contributed by atoms with Crippen molar-refractivity contribution < 1.29 is 4.79 Å². The summed E-state index contributed by atoms with van der Waals surface area (Å²) in [4.78, 5) is 15.1. The van der Waals surface area contributed by atoms with Crippen LogP contribution < -0.4 is 5.36 Å². The molecule has 1 aromatic heterocycles. The van der Waals surface area contributed by atoms with E-state index in [2.05, 4.69) is 34.4 Å². The molecule has 0 atom stereocenters. The second-order valence-corrected chi connectivity index (χ2v) is 3.81. The number of carbonyl (C=O) groups excluding carboxylic acids is 1. The SMILES string of the molecule is CCC(=O)N=c1ccn(C2C=CCC=C2)nc1. The molecule has 0 N–H and O–H groups in total. The van der Waals surface area contributed by atoms with Crippen LogP contribution in [0.1, 0.15) is 25.8 Å². The van der Waals surface area contributed by atoms with Crippen LogP contribution in [0.3, 0.4) is 0 Å². The quantitative estimate of drug-likeness (QED) is 0.726. The van der Waals surface area contributed by atoms with Crippen molar-refractivity contribution >= 4 is 5.91 Å². The van der Waals surface area contributed by atoms with Gasteiger partial charge in [0.1, 0.15) is 0 Å². The fraction of sp³-hybridized carbons (Fsp3) is 0.308. The van der Waals surface area contributed by atoms with Gasteiger partial charge in [-0.2, -0.15) is 5.10 Å². The Balaban J connectivity index is 2.21. The van der Waals surface area contributed by atoms with E-state index in [9.17, 15) is 4.79 Å². The zero-order chi connectivity index (χ0) is 12.1. The van der Waals surface area contributed by atoms with Gasteiger partial charge in [0, 0.05) is 12.6 Å². The van der Waals surface area contributed by atoms with Crippen molar-refractivity contribution in [2.24, 2.45) is 4.99 Å². The second kappa shape index (κ2) is 5.39. The van der Waals surface area contributed by atoms with Crippen molar-refractivity contribution in [3.63, 3.8) is 0 Å². The first-order valence-corrected chi connectivity index (χ1v) is 5.75. The lowest BCUT2D eigenvalue weighted by Gasteiger charge is -2.13. The highest BCUT2D eigenvalue weighted by molar-refractivity contribution is 5.76. The van der Waals surface area contributed by atoms with Gasteiger partial charge in [-0.15, -0.1) is 0 Å². The van der Waals surface area contributed by atoms with Crippen molar-refractivity contribution in [2.45, 2.75) is 25.8 Å². The first-order valence-electron chi connectivity index (χ1n) is 5.75. The maximum Gasteiger partial charge on any atom is 0.245 e. The number of aromatic nitrogens is 2. The van der Waals surface area contributed by atoms with E-state index in [1.807, 2.05) is 10.9 Å². The van der Waals surface area contributed by atoms with Crippen LogP contribution >= 0.6 is 0 Å². The van der Waals surface area contributed by atoms with Gasteiger partial charge in [-0.25, -0.2) is 4.99 Å². The number of hydrogen-bond donors (Lipinski definition) is 0. The Morgan fingerprint density at radius 1 is 1.53 bits per heavy atom. The normalized spacial score (nSPS) is 16.4. The molecule has 0 saturated heterocycles. The van der Waals surface area contributed by atoms with Crippen LogP contribution in [0, 0.1) is 0 Å². The van der Waals surface area contributed by atoms with Gasteiger partial charge in [0.05, 0.1) is 17.6 Å². The fourth-order valence-electron chi connectivity index (χ4n) is 1.58. The van der Waals surface area contributed by atoms with Gasteiger partial charge < -0.3 is 0 Å². The average molecular weight is 229 g/mol. The summed E-state index contributed by atoms with van der Waals surface area (Å²) in [6.45, 7) is 1.79. The lowest BCUT2D eigenvalue weighted by atomic mass is 10.1. The smallest absolute Gasteiger partial charge is 0.245 e. The van der Waals surface area contributed by atoms with E-state index < -0.39 is 0 Å². The molecule has 88 valence electrons. The van der Waals surface area contributed by atoms with Crippen molar-refractivity contribution in [3.05, 3.63) is 48.1 Å². The van der Waals surface area contributed by atoms with Gasteiger partial charge in [0.25, 0.3) is 0 Å². The van der Waals surface area contributed by atoms with E-state index in [0.717, 1.165) is 6.42 Å². The number of amides is 1. The summed E-state index contributed by atoms with van der Waals surface area (Å²) in [6, 6.07) is 1.97. The van der Waals surface area contributed by atoms with E-state index in [1.165, 1.54) is 0 Å². The lowest BCUT2D eigenvalue weighted by molar-refractivity contribution is -0.117. The van der Waals surface area contributed by atoms with Gasteiger partial charge in [-0.1, -0.05) is 31.2 Å². The van der Waals surface area contributed by atoms with Crippen LogP contribution in [0.2, 0.25) is 0 Å². The Bertz CT molecular complexity index is 493. The summed E-state index contributed by atoms with van der Waals surface area (Å²) >= 11 is 0. The lowest BCUT2D eigenvalue weighted by Crippen LogP contribution is -2.14. The summed E-state index contributed by atoms with van der Waals surface area (Å²) in [5, 5.41) is 4.87. The molecule has 0 unspecified atom stereocenters. The molecule has 4 nitrogen and oxygen atoms in total. The van der Waals surface area contributed by atoms with E-state index in [1.54, 1.807) is 19.2 Å². The van der Waals surface area contributed by atoms with Crippen LogP contribution in [0.4, 0.5) is 0 Å². The molecule has 1 amide bonds. The maximum absolute atomic E-state index is 11.1. The number of allylic oxidation sites excluding steroid dienone is 4. The van der Waals surface area contributed by atoms with Gasteiger partial charge in [0.2, 0.25) is 5.91 Å². The Morgan fingerprint density at radius 3 is 2.88 bits per heavy atom. The third-order valence-corrected chi connectivity index (χ3v) is 2.52. The molecule has 0 aliphatic heterocycles. The Labute approximate surface area is 100 Å². The Morgan fingerprint density at radius 2 is 2.29 bits per heavy atom. The summed E-state index contributed by atoms with van der Waals surface area (Å²) in [7, 11) is 0. The van der Waals surface area contributed by atoms with E-state index >= 15 is 0 Å². The Kier molecular flexibility index (Phi) is 3.65. The molecule has 1 aliphatic carbocycles. The van der Waals surface area contributed by atoms with Gasteiger partial charge >= 0.3 is 0 Å². The highest BCUT2D eigenvalue weighted by Crippen LogP contribution is 2.12. The van der Waals surface area contributed by atoms with Crippen molar-refractivity contribution in [2.75, 3.05) is 0 Å².